The normalized spacial score (nSPS) is 22.8. The van der Waals surface area contributed by atoms with Crippen LogP contribution in [0.4, 0.5) is 0 Å². The second-order valence-corrected chi connectivity index (χ2v) is 10.3. The van der Waals surface area contributed by atoms with E-state index in [9.17, 15) is 16.8 Å². The summed E-state index contributed by atoms with van der Waals surface area (Å²) in [6, 6.07) is 0.206. The van der Waals surface area contributed by atoms with E-state index < -0.39 is 25.2 Å². The molecule has 0 bridgehead atoms. The summed E-state index contributed by atoms with van der Waals surface area (Å²) in [6.07, 6.45) is 1.10. The van der Waals surface area contributed by atoms with E-state index in [0.717, 1.165) is 10.6 Å². The third-order valence-electron chi connectivity index (χ3n) is 2.80. The van der Waals surface area contributed by atoms with Crippen LogP contribution in [-0.4, -0.2) is 69.2 Å². The zero-order valence-corrected chi connectivity index (χ0v) is 13.9. The van der Waals surface area contributed by atoms with Crippen molar-refractivity contribution in [3.63, 3.8) is 0 Å². The Hall–Kier alpha value is 0.170. The van der Waals surface area contributed by atoms with E-state index >= 15 is 0 Å². The van der Waals surface area contributed by atoms with Crippen molar-refractivity contribution in [2.75, 3.05) is 36.6 Å². The summed E-state index contributed by atoms with van der Waals surface area (Å²) < 4.78 is 49.0. The van der Waals surface area contributed by atoms with Gasteiger partial charge >= 0.3 is 0 Å². The highest BCUT2D eigenvalue weighted by atomic mass is 32.2. The minimum Gasteiger partial charge on any atom is -0.313 e. The van der Waals surface area contributed by atoms with E-state index in [1.54, 1.807) is 0 Å². The Morgan fingerprint density at radius 2 is 1.95 bits per heavy atom. The fraction of sp³-hybridized carbons (Fsp3) is 1.00. The Morgan fingerprint density at radius 3 is 2.47 bits per heavy atom. The second kappa shape index (κ2) is 6.75. The molecule has 0 aromatic heterocycles. The fourth-order valence-electron chi connectivity index (χ4n) is 1.82. The minimum absolute atomic E-state index is 0.0676. The summed E-state index contributed by atoms with van der Waals surface area (Å²) >= 11 is 1.48. The number of nitrogens with one attached hydrogen (secondary N) is 1. The van der Waals surface area contributed by atoms with Crippen molar-refractivity contribution in [3.8, 4) is 0 Å². The van der Waals surface area contributed by atoms with Crippen molar-refractivity contribution in [1.82, 2.24) is 9.62 Å². The molecule has 1 atom stereocenters. The van der Waals surface area contributed by atoms with Crippen molar-refractivity contribution in [2.45, 2.75) is 25.3 Å². The molecular weight excluding hydrogens is 308 g/mol. The monoisotopic (exact) mass is 330 g/mol. The summed E-state index contributed by atoms with van der Waals surface area (Å²) in [5.74, 6) is 0.889. The van der Waals surface area contributed by atoms with Gasteiger partial charge in [-0.2, -0.15) is 16.1 Å². The van der Waals surface area contributed by atoms with Gasteiger partial charge in [-0.15, -0.1) is 0 Å². The predicted octanol–water partition coefficient (Wildman–Crippen LogP) is -0.266. The highest BCUT2D eigenvalue weighted by Crippen LogP contribution is 2.23. The van der Waals surface area contributed by atoms with Gasteiger partial charge in [-0.1, -0.05) is 13.8 Å². The van der Waals surface area contributed by atoms with Crippen LogP contribution in [0.25, 0.3) is 0 Å². The molecule has 0 aliphatic carbocycles. The van der Waals surface area contributed by atoms with Crippen LogP contribution in [0.5, 0.6) is 0 Å². The number of nitrogens with zero attached hydrogens (tertiary/aromatic N) is 1. The van der Waals surface area contributed by atoms with Crippen LogP contribution in [0.2, 0.25) is 0 Å². The average molecular weight is 330 g/mol. The van der Waals surface area contributed by atoms with E-state index in [2.05, 4.69) is 5.32 Å². The lowest BCUT2D eigenvalue weighted by molar-refractivity contribution is 0.403. The van der Waals surface area contributed by atoms with E-state index in [1.807, 2.05) is 13.8 Å². The molecule has 1 unspecified atom stereocenters. The molecule has 0 radical (unpaired) electrons. The Balaban J connectivity index is 2.79. The molecule has 6 nitrogen and oxygen atoms in total. The number of hydrogen-bond donors (Lipinski definition) is 1. The van der Waals surface area contributed by atoms with Crippen molar-refractivity contribution < 1.29 is 16.8 Å². The largest absolute Gasteiger partial charge is 0.313 e. The highest BCUT2D eigenvalue weighted by molar-refractivity contribution is 8.01. The van der Waals surface area contributed by atoms with Crippen LogP contribution < -0.4 is 5.32 Å². The minimum atomic E-state index is -3.53. The molecule has 1 saturated heterocycles. The molecule has 1 aliphatic rings. The number of hydrogen-bond acceptors (Lipinski definition) is 6. The molecule has 0 aromatic rings. The van der Waals surface area contributed by atoms with Gasteiger partial charge < -0.3 is 5.32 Å². The summed E-state index contributed by atoms with van der Waals surface area (Å²) in [7, 11) is -6.93. The molecule has 1 aliphatic heterocycles. The molecule has 0 spiro atoms. The van der Waals surface area contributed by atoms with Crippen LogP contribution in [0.3, 0.4) is 0 Å². The van der Waals surface area contributed by atoms with Crippen LogP contribution >= 0.6 is 11.8 Å². The number of sulfonamides is 1. The van der Waals surface area contributed by atoms with Gasteiger partial charge in [-0.25, -0.2) is 16.8 Å². The maximum atomic E-state index is 12.2. The maximum Gasteiger partial charge on any atom is 0.216 e. The summed E-state index contributed by atoms with van der Waals surface area (Å²) in [5.41, 5.74) is 0. The van der Waals surface area contributed by atoms with Gasteiger partial charge in [0.25, 0.3) is 0 Å². The first-order valence-corrected chi connectivity index (χ1v) is 10.9. The van der Waals surface area contributed by atoms with Crippen molar-refractivity contribution in [3.05, 3.63) is 0 Å². The molecule has 0 aromatic carbocycles. The van der Waals surface area contributed by atoms with Crippen molar-refractivity contribution in [2.24, 2.45) is 0 Å². The van der Waals surface area contributed by atoms with Gasteiger partial charge in [-0.05, 0) is 0 Å². The quantitative estimate of drug-likeness (QED) is 0.722. The SMILES string of the molecule is CC(C)NCCS(=O)(=O)N1CCSCC1S(C)(=O)=O. The van der Waals surface area contributed by atoms with Gasteiger partial charge in [0.05, 0.1) is 5.75 Å². The molecule has 9 heteroatoms. The lowest BCUT2D eigenvalue weighted by Crippen LogP contribution is -2.51. The number of sulfone groups is 1. The van der Waals surface area contributed by atoms with E-state index in [-0.39, 0.29) is 18.3 Å². The zero-order valence-electron chi connectivity index (χ0n) is 11.5. The zero-order chi connectivity index (χ0) is 14.7. The number of rotatable bonds is 6. The third kappa shape index (κ3) is 5.22. The lowest BCUT2D eigenvalue weighted by Gasteiger charge is -2.33. The van der Waals surface area contributed by atoms with Crippen molar-refractivity contribution in [1.29, 1.82) is 0 Å². The van der Waals surface area contributed by atoms with E-state index in [1.165, 1.54) is 11.8 Å². The Labute approximate surface area is 120 Å². The van der Waals surface area contributed by atoms with E-state index in [0.29, 0.717) is 18.1 Å². The van der Waals surface area contributed by atoms with Crippen molar-refractivity contribution >= 4 is 31.6 Å². The third-order valence-corrected chi connectivity index (χ3v) is 7.45. The Morgan fingerprint density at radius 1 is 1.32 bits per heavy atom. The topological polar surface area (TPSA) is 83.6 Å². The van der Waals surface area contributed by atoms with E-state index in [4.69, 9.17) is 0 Å². The first kappa shape index (κ1) is 17.2. The Bertz CT molecular complexity index is 487. The molecule has 1 heterocycles. The van der Waals surface area contributed by atoms with Gasteiger partial charge in [0, 0.05) is 36.9 Å². The summed E-state index contributed by atoms with van der Waals surface area (Å²) in [6.45, 7) is 4.47. The van der Waals surface area contributed by atoms with Crippen LogP contribution in [0, 0.1) is 0 Å². The molecular formula is C10H22N2O4S3. The van der Waals surface area contributed by atoms with Gasteiger partial charge in [-0.3, -0.25) is 0 Å². The lowest BCUT2D eigenvalue weighted by atomic mass is 10.4. The molecule has 19 heavy (non-hydrogen) atoms. The predicted molar refractivity (Wildman–Crippen MR) is 79.6 cm³/mol. The Kier molecular flexibility index (Phi) is 6.12. The first-order chi connectivity index (χ1) is 8.64. The molecule has 1 fully saturated rings. The maximum absolute atomic E-state index is 12.2. The van der Waals surface area contributed by atoms with Gasteiger partial charge in [0.1, 0.15) is 5.37 Å². The molecule has 1 N–H and O–H groups in total. The molecule has 1 rings (SSSR count). The molecule has 0 saturated carbocycles. The average Bonchev–Trinajstić information content (AvgIpc) is 2.27. The van der Waals surface area contributed by atoms with Gasteiger partial charge in [0.2, 0.25) is 10.0 Å². The smallest absolute Gasteiger partial charge is 0.216 e. The molecule has 0 amide bonds. The summed E-state index contributed by atoms with van der Waals surface area (Å²) in [4.78, 5) is 0. The number of thioether (sulfide) groups is 1. The standard InChI is InChI=1S/C10H22N2O4S3/c1-9(2)11-4-7-19(15,16)12-5-6-17-8-10(12)18(3,13)14/h9-11H,4-8H2,1-3H3. The van der Waals surface area contributed by atoms with Crippen LogP contribution in [0.15, 0.2) is 0 Å². The fourth-order valence-corrected chi connectivity index (χ4v) is 6.98. The summed E-state index contributed by atoms with van der Waals surface area (Å²) in [5, 5.41) is 2.11. The van der Waals surface area contributed by atoms with Crippen LogP contribution in [0.1, 0.15) is 13.8 Å². The second-order valence-electron chi connectivity index (χ2n) is 4.89. The molecule has 114 valence electrons. The van der Waals surface area contributed by atoms with Gasteiger partial charge in [0.15, 0.2) is 9.84 Å². The highest BCUT2D eigenvalue weighted by Gasteiger charge is 2.38. The van der Waals surface area contributed by atoms with Crippen LogP contribution in [-0.2, 0) is 19.9 Å². The first-order valence-electron chi connectivity index (χ1n) is 6.14.